The molecule has 0 radical (unpaired) electrons. The second kappa shape index (κ2) is 8.28. The Labute approximate surface area is 187 Å². The second-order valence-electron chi connectivity index (χ2n) is 6.97. The van der Waals surface area contributed by atoms with Crippen LogP contribution < -0.4 is 9.64 Å². The average Bonchev–Trinajstić information content (AvgIpc) is 3.04. The van der Waals surface area contributed by atoms with E-state index in [9.17, 15) is 19.8 Å². The highest BCUT2D eigenvalue weighted by Gasteiger charge is 2.47. The Morgan fingerprint density at radius 2 is 1.71 bits per heavy atom. The standard InChI is InChI=1S/C24H18BrNO5/c1-31-19-7-3-5-17(13-19)26-21(15-4-2-6-18(27)12-15)20(23(29)24(26)30)22(28)14-8-10-16(25)11-9-14/h2-13,21,27-28H,1H3/b22-20+. The smallest absolute Gasteiger partial charge is 0.300 e. The van der Waals surface area contributed by atoms with Crippen LogP contribution in [0.25, 0.3) is 5.76 Å². The number of anilines is 1. The zero-order chi connectivity index (χ0) is 22.1. The van der Waals surface area contributed by atoms with Crippen LogP contribution in [-0.2, 0) is 9.59 Å². The number of aromatic hydroxyl groups is 1. The predicted molar refractivity (Wildman–Crippen MR) is 120 cm³/mol. The molecule has 7 heteroatoms. The van der Waals surface area contributed by atoms with Crippen molar-refractivity contribution < 1.29 is 24.5 Å². The molecule has 1 atom stereocenters. The number of ketones is 1. The van der Waals surface area contributed by atoms with Crippen molar-refractivity contribution in [3.8, 4) is 11.5 Å². The fraction of sp³-hybridized carbons (Fsp3) is 0.0833. The van der Waals surface area contributed by atoms with Gasteiger partial charge in [-0.25, -0.2) is 0 Å². The van der Waals surface area contributed by atoms with E-state index in [1.165, 1.54) is 24.1 Å². The van der Waals surface area contributed by atoms with E-state index in [1.54, 1.807) is 60.7 Å². The van der Waals surface area contributed by atoms with Crippen LogP contribution in [-0.4, -0.2) is 29.0 Å². The Hall–Kier alpha value is -3.58. The molecule has 1 aliphatic rings. The third kappa shape index (κ3) is 3.80. The molecule has 3 aromatic rings. The number of carbonyl (C=O) groups excluding carboxylic acids is 2. The van der Waals surface area contributed by atoms with E-state index in [1.807, 2.05) is 0 Å². The average molecular weight is 480 g/mol. The molecular weight excluding hydrogens is 462 g/mol. The largest absolute Gasteiger partial charge is 0.508 e. The number of Topliss-reactive ketones (excluding diaryl/α,β-unsaturated/α-hetero) is 1. The van der Waals surface area contributed by atoms with Crippen molar-refractivity contribution in [2.24, 2.45) is 0 Å². The lowest BCUT2D eigenvalue weighted by Gasteiger charge is -2.25. The first-order valence-corrected chi connectivity index (χ1v) is 10.2. The van der Waals surface area contributed by atoms with Gasteiger partial charge in [0.1, 0.15) is 17.3 Å². The van der Waals surface area contributed by atoms with Crippen LogP contribution in [0, 0.1) is 0 Å². The molecule has 1 saturated heterocycles. The number of hydrogen-bond acceptors (Lipinski definition) is 5. The topological polar surface area (TPSA) is 87.1 Å². The summed E-state index contributed by atoms with van der Waals surface area (Å²) in [5.41, 5.74) is 1.27. The van der Waals surface area contributed by atoms with Gasteiger partial charge in [0, 0.05) is 21.8 Å². The van der Waals surface area contributed by atoms with E-state index in [0.717, 1.165) is 4.47 Å². The Morgan fingerprint density at radius 3 is 2.39 bits per heavy atom. The maximum atomic E-state index is 13.1. The minimum Gasteiger partial charge on any atom is -0.508 e. The van der Waals surface area contributed by atoms with Crippen LogP contribution >= 0.6 is 15.9 Å². The van der Waals surface area contributed by atoms with Gasteiger partial charge >= 0.3 is 0 Å². The minimum atomic E-state index is -0.928. The number of benzene rings is 3. The van der Waals surface area contributed by atoms with E-state index in [2.05, 4.69) is 15.9 Å². The summed E-state index contributed by atoms with van der Waals surface area (Å²) >= 11 is 3.34. The summed E-state index contributed by atoms with van der Waals surface area (Å²) in [5, 5.41) is 21.1. The van der Waals surface area contributed by atoms with Crippen molar-refractivity contribution in [3.05, 3.63) is 94.0 Å². The van der Waals surface area contributed by atoms with E-state index >= 15 is 0 Å². The molecule has 0 spiro atoms. The van der Waals surface area contributed by atoms with Crippen LogP contribution in [0.2, 0.25) is 0 Å². The Morgan fingerprint density at radius 1 is 1.00 bits per heavy atom. The molecule has 6 nitrogen and oxygen atoms in total. The maximum absolute atomic E-state index is 13.1. The minimum absolute atomic E-state index is 0.0163. The predicted octanol–water partition coefficient (Wildman–Crippen LogP) is 4.79. The van der Waals surface area contributed by atoms with Gasteiger partial charge in [-0.1, -0.05) is 46.3 Å². The van der Waals surface area contributed by atoms with Gasteiger partial charge in [-0.15, -0.1) is 0 Å². The highest BCUT2D eigenvalue weighted by Crippen LogP contribution is 2.43. The van der Waals surface area contributed by atoms with Gasteiger partial charge in [0.2, 0.25) is 0 Å². The van der Waals surface area contributed by atoms with E-state index < -0.39 is 17.7 Å². The zero-order valence-corrected chi connectivity index (χ0v) is 18.0. The normalized spacial score (nSPS) is 17.7. The molecule has 2 N–H and O–H groups in total. The first-order valence-electron chi connectivity index (χ1n) is 9.40. The number of hydrogen-bond donors (Lipinski definition) is 2. The number of aliphatic hydroxyl groups is 1. The van der Waals surface area contributed by atoms with Crippen LogP contribution in [0.15, 0.2) is 82.8 Å². The van der Waals surface area contributed by atoms with Gasteiger partial charge in [-0.2, -0.15) is 0 Å². The van der Waals surface area contributed by atoms with Crippen molar-refractivity contribution in [1.82, 2.24) is 0 Å². The van der Waals surface area contributed by atoms with Gasteiger partial charge in [0.15, 0.2) is 0 Å². The molecule has 1 fully saturated rings. The molecule has 31 heavy (non-hydrogen) atoms. The van der Waals surface area contributed by atoms with Crippen molar-refractivity contribution in [1.29, 1.82) is 0 Å². The maximum Gasteiger partial charge on any atom is 0.300 e. The van der Waals surface area contributed by atoms with Crippen molar-refractivity contribution in [2.45, 2.75) is 6.04 Å². The van der Waals surface area contributed by atoms with Gasteiger partial charge in [0.25, 0.3) is 11.7 Å². The summed E-state index contributed by atoms with van der Waals surface area (Å²) in [6.07, 6.45) is 0. The van der Waals surface area contributed by atoms with Crippen molar-refractivity contribution in [2.75, 3.05) is 12.0 Å². The molecule has 1 heterocycles. The number of ether oxygens (including phenoxy) is 1. The molecule has 1 unspecified atom stereocenters. The number of methoxy groups -OCH3 is 1. The lowest BCUT2D eigenvalue weighted by Crippen LogP contribution is -2.29. The summed E-state index contributed by atoms with van der Waals surface area (Å²) in [5.74, 6) is -1.37. The number of rotatable bonds is 4. The third-order valence-electron chi connectivity index (χ3n) is 5.08. The first-order chi connectivity index (χ1) is 14.9. The number of phenolic OH excluding ortho intramolecular Hbond substituents is 1. The zero-order valence-electron chi connectivity index (χ0n) is 16.4. The lowest BCUT2D eigenvalue weighted by molar-refractivity contribution is -0.132. The number of amides is 1. The van der Waals surface area contributed by atoms with Gasteiger partial charge in [-0.05, 0) is 42.0 Å². The Kier molecular flexibility index (Phi) is 5.52. The SMILES string of the molecule is COc1cccc(N2C(=O)C(=O)/C(=C(/O)c3ccc(Br)cc3)C2c2cccc(O)c2)c1. The van der Waals surface area contributed by atoms with Gasteiger partial charge in [-0.3, -0.25) is 14.5 Å². The van der Waals surface area contributed by atoms with Gasteiger partial charge < -0.3 is 14.9 Å². The van der Waals surface area contributed by atoms with E-state index in [0.29, 0.717) is 22.6 Å². The van der Waals surface area contributed by atoms with Crippen molar-refractivity contribution in [3.63, 3.8) is 0 Å². The molecule has 156 valence electrons. The molecule has 3 aromatic carbocycles. The second-order valence-corrected chi connectivity index (χ2v) is 7.89. The fourth-order valence-corrected chi connectivity index (χ4v) is 3.90. The molecule has 1 amide bonds. The molecule has 0 saturated carbocycles. The summed E-state index contributed by atoms with van der Waals surface area (Å²) in [6.45, 7) is 0. The van der Waals surface area contributed by atoms with Crippen LogP contribution in [0.3, 0.4) is 0 Å². The highest BCUT2D eigenvalue weighted by atomic mass is 79.9. The Bertz CT molecular complexity index is 1200. The number of halogens is 1. The van der Waals surface area contributed by atoms with Gasteiger partial charge in [0.05, 0.1) is 18.7 Å². The molecule has 1 aliphatic heterocycles. The van der Waals surface area contributed by atoms with Crippen LogP contribution in [0.5, 0.6) is 11.5 Å². The van der Waals surface area contributed by atoms with Crippen LogP contribution in [0.4, 0.5) is 5.69 Å². The highest BCUT2D eigenvalue weighted by molar-refractivity contribution is 9.10. The Balaban J connectivity index is 1.95. The number of carbonyl (C=O) groups is 2. The number of nitrogens with zero attached hydrogens (tertiary/aromatic N) is 1. The summed E-state index contributed by atoms with van der Waals surface area (Å²) in [4.78, 5) is 27.5. The lowest BCUT2D eigenvalue weighted by atomic mass is 9.95. The third-order valence-corrected chi connectivity index (χ3v) is 5.61. The molecule has 0 bridgehead atoms. The molecule has 4 rings (SSSR count). The van der Waals surface area contributed by atoms with E-state index in [-0.39, 0.29) is 17.1 Å². The van der Waals surface area contributed by atoms with Crippen LogP contribution in [0.1, 0.15) is 17.2 Å². The fourth-order valence-electron chi connectivity index (χ4n) is 3.63. The number of phenols is 1. The summed E-state index contributed by atoms with van der Waals surface area (Å²) in [7, 11) is 1.51. The molecule has 0 aromatic heterocycles. The monoisotopic (exact) mass is 479 g/mol. The first kappa shape index (κ1) is 20.7. The summed E-state index contributed by atoms with van der Waals surface area (Å²) < 4.78 is 6.07. The quantitative estimate of drug-likeness (QED) is 0.319. The number of aliphatic hydroxyl groups excluding tert-OH is 1. The molecular formula is C24H18BrNO5. The summed E-state index contributed by atoms with van der Waals surface area (Å²) in [6, 6.07) is 18.9. The molecule has 0 aliphatic carbocycles. The van der Waals surface area contributed by atoms with E-state index in [4.69, 9.17) is 4.74 Å². The van der Waals surface area contributed by atoms with Crippen molar-refractivity contribution >= 4 is 39.1 Å².